The van der Waals surface area contributed by atoms with Crippen LogP contribution >= 0.6 is 0 Å². The molecule has 0 radical (unpaired) electrons. The predicted octanol–water partition coefficient (Wildman–Crippen LogP) is 1.17. The fourth-order valence-electron chi connectivity index (χ4n) is 1.49. The van der Waals surface area contributed by atoms with Crippen molar-refractivity contribution < 1.29 is 17.9 Å². The van der Waals surface area contributed by atoms with Gasteiger partial charge in [-0.1, -0.05) is 12.1 Å². The second-order valence-corrected chi connectivity index (χ2v) is 5.98. The smallest absolute Gasteiger partial charge is 0.315 e. The van der Waals surface area contributed by atoms with Crippen LogP contribution in [0.5, 0.6) is 0 Å². The topological polar surface area (TPSA) is 86.5 Å². The third-order valence-corrected chi connectivity index (χ3v) is 3.62. The molecule has 5 nitrogen and oxygen atoms in total. The highest BCUT2D eigenvalue weighted by Gasteiger charge is 2.31. The van der Waals surface area contributed by atoms with Crippen LogP contribution in [0.4, 0.5) is 0 Å². The van der Waals surface area contributed by atoms with Crippen molar-refractivity contribution in [2.75, 3.05) is 6.61 Å². The van der Waals surface area contributed by atoms with Gasteiger partial charge in [0.1, 0.15) is 0 Å². The number of carbonyl (C=O) groups is 1. The molecule has 0 unspecified atom stereocenters. The summed E-state index contributed by atoms with van der Waals surface area (Å²) in [6, 6.07) is 5.89. The standard InChI is InChI=1S/C12H17NO4S/c1-4-17-11(14)12(2,3)9-5-7-10(8-6-9)18(13,15)16/h5-8H,4H2,1-3H3,(H2,13,15,16). The van der Waals surface area contributed by atoms with E-state index in [1.165, 1.54) is 12.1 Å². The van der Waals surface area contributed by atoms with Crippen LogP contribution in [0.1, 0.15) is 26.3 Å². The molecule has 0 amide bonds. The first-order valence-corrected chi connectivity index (χ1v) is 7.04. The Balaban J connectivity index is 3.08. The summed E-state index contributed by atoms with van der Waals surface area (Å²) in [5.41, 5.74) is -0.152. The first-order valence-electron chi connectivity index (χ1n) is 5.50. The van der Waals surface area contributed by atoms with E-state index >= 15 is 0 Å². The fourth-order valence-corrected chi connectivity index (χ4v) is 2.01. The molecular formula is C12H17NO4S. The second kappa shape index (κ2) is 5.07. The van der Waals surface area contributed by atoms with Gasteiger partial charge in [-0.25, -0.2) is 13.6 Å². The number of carbonyl (C=O) groups excluding carboxylic acids is 1. The Morgan fingerprint density at radius 1 is 1.28 bits per heavy atom. The lowest BCUT2D eigenvalue weighted by Gasteiger charge is -2.22. The Labute approximate surface area is 107 Å². The van der Waals surface area contributed by atoms with Gasteiger partial charge in [0, 0.05) is 0 Å². The summed E-state index contributed by atoms with van der Waals surface area (Å²) in [6.45, 7) is 5.48. The van der Waals surface area contributed by atoms with Gasteiger partial charge < -0.3 is 4.74 Å². The molecule has 0 aliphatic carbocycles. The minimum absolute atomic E-state index is 0.0194. The molecule has 0 saturated heterocycles. The van der Waals surface area contributed by atoms with Gasteiger partial charge in [0.05, 0.1) is 16.9 Å². The van der Waals surface area contributed by atoms with Gasteiger partial charge in [0.25, 0.3) is 0 Å². The molecule has 18 heavy (non-hydrogen) atoms. The molecule has 0 fully saturated rings. The van der Waals surface area contributed by atoms with Crippen molar-refractivity contribution in [3.63, 3.8) is 0 Å². The van der Waals surface area contributed by atoms with Crippen LogP contribution in [-0.4, -0.2) is 21.0 Å². The zero-order chi connectivity index (χ0) is 14.0. The summed E-state index contributed by atoms with van der Waals surface area (Å²) < 4.78 is 27.2. The summed E-state index contributed by atoms with van der Waals surface area (Å²) in [4.78, 5) is 11.8. The predicted molar refractivity (Wildman–Crippen MR) is 67.5 cm³/mol. The molecule has 0 atom stereocenters. The van der Waals surface area contributed by atoms with E-state index in [9.17, 15) is 13.2 Å². The van der Waals surface area contributed by atoms with Gasteiger partial charge in [0.2, 0.25) is 10.0 Å². The first-order chi connectivity index (χ1) is 8.19. The average Bonchev–Trinajstić information content (AvgIpc) is 2.28. The van der Waals surface area contributed by atoms with Gasteiger partial charge in [-0.2, -0.15) is 0 Å². The molecule has 1 rings (SSSR count). The number of benzene rings is 1. The van der Waals surface area contributed by atoms with E-state index in [4.69, 9.17) is 9.88 Å². The lowest BCUT2D eigenvalue weighted by atomic mass is 9.85. The highest BCUT2D eigenvalue weighted by molar-refractivity contribution is 7.89. The lowest BCUT2D eigenvalue weighted by molar-refractivity contribution is -0.148. The molecule has 2 N–H and O–H groups in total. The number of nitrogens with two attached hydrogens (primary N) is 1. The van der Waals surface area contributed by atoms with E-state index in [1.54, 1.807) is 32.9 Å². The number of rotatable bonds is 4. The number of esters is 1. The molecular weight excluding hydrogens is 254 g/mol. The monoisotopic (exact) mass is 271 g/mol. The molecule has 0 spiro atoms. The Hall–Kier alpha value is -1.40. The van der Waals surface area contributed by atoms with Crippen LogP contribution in [0, 0.1) is 0 Å². The summed E-state index contributed by atoms with van der Waals surface area (Å²) in [7, 11) is -3.71. The maximum atomic E-state index is 11.8. The minimum Gasteiger partial charge on any atom is -0.465 e. The van der Waals surface area contributed by atoms with Crippen LogP contribution in [0.15, 0.2) is 29.2 Å². The van der Waals surface area contributed by atoms with E-state index in [0.29, 0.717) is 12.2 Å². The highest BCUT2D eigenvalue weighted by atomic mass is 32.2. The molecule has 0 bridgehead atoms. The molecule has 0 saturated carbocycles. The number of sulfonamides is 1. The minimum atomic E-state index is -3.71. The van der Waals surface area contributed by atoms with E-state index in [1.807, 2.05) is 0 Å². The van der Waals surface area contributed by atoms with Crippen LogP contribution in [0.2, 0.25) is 0 Å². The number of ether oxygens (including phenoxy) is 1. The van der Waals surface area contributed by atoms with E-state index in [0.717, 1.165) is 0 Å². The summed E-state index contributed by atoms with van der Waals surface area (Å²) in [6.07, 6.45) is 0. The molecule has 0 aromatic heterocycles. The van der Waals surface area contributed by atoms with Crippen molar-refractivity contribution in [3.05, 3.63) is 29.8 Å². The maximum absolute atomic E-state index is 11.8. The molecule has 0 aliphatic heterocycles. The number of hydrogen-bond acceptors (Lipinski definition) is 4. The van der Waals surface area contributed by atoms with Gasteiger partial charge in [-0.15, -0.1) is 0 Å². The highest BCUT2D eigenvalue weighted by Crippen LogP contribution is 2.25. The average molecular weight is 271 g/mol. The Bertz CT molecular complexity index is 532. The van der Waals surface area contributed by atoms with Gasteiger partial charge in [0.15, 0.2) is 0 Å². The third kappa shape index (κ3) is 3.08. The van der Waals surface area contributed by atoms with Crippen molar-refractivity contribution in [2.45, 2.75) is 31.1 Å². The zero-order valence-corrected chi connectivity index (χ0v) is 11.5. The Morgan fingerprint density at radius 3 is 2.17 bits per heavy atom. The SMILES string of the molecule is CCOC(=O)C(C)(C)c1ccc(S(N)(=O)=O)cc1. The molecule has 1 aromatic rings. The first kappa shape index (κ1) is 14.7. The largest absolute Gasteiger partial charge is 0.465 e. The van der Waals surface area contributed by atoms with Crippen LogP contribution in [-0.2, 0) is 25.0 Å². The molecule has 1 aromatic carbocycles. The summed E-state index contributed by atoms with van der Waals surface area (Å²) >= 11 is 0. The zero-order valence-electron chi connectivity index (χ0n) is 10.6. The molecule has 0 heterocycles. The number of hydrogen-bond donors (Lipinski definition) is 1. The van der Waals surface area contributed by atoms with Crippen LogP contribution in [0.25, 0.3) is 0 Å². The van der Waals surface area contributed by atoms with Crippen LogP contribution in [0.3, 0.4) is 0 Å². The fraction of sp³-hybridized carbons (Fsp3) is 0.417. The van der Waals surface area contributed by atoms with E-state index in [2.05, 4.69) is 0 Å². The van der Waals surface area contributed by atoms with E-state index < -0.39 is 15.4 Å². The van der Waals surface area contributed by atoms with Gasteiger partial charge >= 0.3 is 5.97 Å². The van der Waals surface area contributed by atoms with Crippen molar-refractivity contribution in [1.82, 2.24) is 0 Å². The Morgan fingerprint density at radius 2 is 1.78 bits per heavy atom. The van der Waals surface area contributed by atoms with Crippen molar-refractivity contribution in [1.29, 1.82) is 0 Å². The molecule has 6 heteroatoms. The van der Waals surface area contributed by atoms with Gasteiger partial charge in [-0.05, 0) is 38.5 Å². The third-order valence-electron chi connectivity index (χ3n) is 2.69. The molecule has 100 valence electrons. The summed E-state index contributed by atoms with van der Waals surface area (Å²) in [5.74, 6) is -0.353. The normalized spacial score (nSPS) is 12.2. The van der Waals surface area contributed by atoms with Crippen LogP contribution < -0.4 is 5.14 Å². The van der Waals surface area contributed by atoms with E-state index in [-0.39, 0.29) is 10.9 Å². The number of primary sulfonamides is 1. The van der Waals surface area contributed by atoms with Crippen molar-refractivity contribution >= 4 is 16.0 Å². The lowest BCUT2D eigenvalue weighted by Crippen LogP contribution is -2.31. The second-order valence-electron chi connectivity index (χ2n) is 4.41. The quantitative estimate of drug-likeness (QED) is 0.833. The van der Waals surface area contributed by atoms with Crippen molar-refractivity contribution in [2.24, 2.45) is 5.14 Å². The Kier molecular flexibility index (Phi) is 4.13. The van der Waals surface area contributed by atoms with Gasteiger partial charge in [-0.3, -0.25) is 4.79 Å². The maximum Gasteiger partial charge on any atom is 0.315 e. The summed E-state index contributed by atoms with van der Waals surface area (Å²) in [5, 5.41) is 5.00. The molecule has 0 aliphatic rings. The van der Waals surface area contributed by atoms with Crippen molar-refractivity contribution in [3.8, 4) is 0 Å².